The molecule has 130 valence electrons. The summed E-state index contributed by atoms with van der Waals surface area (Å²) >= 11 is 1.68. The Kier molecular flexibility index (Phi) is 4.63. The molecule has 3 aromatic rings. The molecule has 0 aliphatic carbocycles. The van der Waals surface area contributed by atoms with Gasteiger partial charge in [0.25, 0.3) is 5.91 Å². The third kappa shape index (κ3) is 3.58. The molecule has 1 amide bonds. The molecule has 3 aromatic carbocycles. The van der Waals surface area contributed by atoms with Gasteiger partial charge in [0.05, 0.1) is 5.69 Å². The highest BCUT2D eigenvalue weighted by Gasteiger charge is 2.19. The Bertz CT molecular complexity index is 926. The monoisotopic (exact) mass is 364 g/mol. The van der Waals surface area contributed by atoms with Crippen LogP contribution in [0.4, 0.5) is 15.8 Å². The van der Waals surface area contributed by atoms with Crippen LogP contribution in [0.25, 0.3) is 0 Å². The molecule has 0 aromatic heterocycles. The number of rotatable bonds is 4. The Balaban J connectivity index is 1.42. The zero-order chi connectivity index (χ0) is 17.9. The number of fused-ring (bicyclic) bond motifs is 1. The zero-order valence-corrected chi connectivity index (χ0v) is 14.8. The molecule has 0 bridgehead atoms. The predicted molar refractivity (Wildman–Crippen MR) is 104 cm³/mol. The van der Waals surface area contributed by atoms with Crippen molar-refractivity contribution in [2.75, 3.05) is 16.2 Å². The fraction of sp³-hybridized carbons (Fsp3) is 0.0952. The fourth-order valence-corrected chi connectivity index (χ4v) is 3.91. The lowest BCUT2D eigenvalue weighted by molar-refractivity contribution is 0.102. The largest absolute Gasteiger partial charge is 0.322 e. The molecule has 1 N–H and O–H groups in total. The van der Waals surface area contributed by atoms with Crippen molar-refractivity contribution in [1.29, 1.82) is 0 Å². The van der Waals surface area contributed by atoms with Crippen LogP contribution < -0.4 is 9.62 Å². The van der Waals surface area contributed by atoms with Crippen LogP contribution in [-0.4, -0.2) is 12.5 Å². The van der Waals surface area contributed by atoms with Crippen LogP contribution >= 0.6 is 11.9 Å². The van der Waals surface area contributed by atoms with Crippen molar-refractivity contribution in [1.82, 2.24) is 0 Å². The summed E-state index contributed by atoms with van der Waals surface area (Å²) in [5.74, 6) is -0.535. The quantitative estimate of drug-likeness (QED) is 0.650. The van der Waals surface area contributed by atoms with Crippen molar-refractivity contribution < 1.29 is 9.18 Å². The van der Waals surface area contributed by atoms with Crippen molar-refractivity contribution >= 4 is 29.2 Å². The molecule has 5 heteroatoms. The van der Waals surface area contributed by atoms with E-state index in [1.807, 2.05) is 24.3 Å². The average molecular weight is 364 g/mol. The van der Waals surface area contributed by atoms with Gasteiger partial charge in [0.1, 0.15) is 5.82 Å². The highest BCUT2D eigenvalue weighted by atomic mass is 32.2. The Morgan fingerprint density at radius 1 is 0.962 bits per heavy atom. The van der Waals surface area contributed by atoms with Gasteiger partial charge in [0.2, 0.25) is 0 Å². The fourth-order valence-electron chi connectivity index (χ4n) is 2.93. The number of nitrogens with one attached hydrogen (secondary N) is 1. The first-order valence-corrected chi connectivity index (χ1v) is 9.17. The molecule has 0 spiro atoms. The number of halogens is 1. The lowest BCUT2D eigenvalue weighted by Gasteiger charge is -2.17. The number of hydrogen-bond donors (Lipinski definition) is 1. The maximum absolute atomic E-state index is 12.9. The first-order valence-electron chi connectivity index (χ1n) is 8.39. The molecule has 0 atom stereocenters. The summed E-state index contributed by atoms with van der Waals surface area (Å²) < 4.78 is 15.2. The van der Waals surface area contributed by atoms with Gasteiger partial charge >= 0.3 is 0 Å². The van der Waals surface area contributed by atoms with E-state index >= 15 is 0 Å². The van der Waals surface area contributed by atoms with Crippen LogP contribution in [0.3, 0.4) is 0 Å². The zero-order valence-electron chi connectivity index (χ0n) is 14.0. The third-order valence-electron chi connectivity index (χ3n) is 4.28. The number of carbonyl (C=O) groups excluding carboxylic acids is 1. The number of hydrogen-bond acceptors (Lipinski definition) is 3. The Morgan fingerprint density at radius 3 is 2.46 bits per heavy atom. The molecule has 26 heavy (non-hydrogen) atoms. The maximum atomic E-state index is 12.9. The van der Waals surface area contributed by atoms with Gasteiger partial charge in [-0.2, -0.15) is 0 Å². The molecule has 1 heterocycles. The van der Waals surface area contributed by atoms with E-state index < -0.39 is 0 Å². The van der Waals surface area contributed by atoms with E-state index in [4.69, 9.17) is 0 Å². The van der Waals surface area contributed by atoms with Gasteiger partial charge < -0.3 is 9.62 Å². The Hall–Kier alpha value is -2.79. The van der Waals surface area contributed by atoms with Crippen molar-refractivity contribution in [3.8, 4) is 0 Å². The summed E-state index contributed by atoms with van der Waals surface area (Å²) in [5, 5.41) is 2.77. The van der Waals surface area contributed by atoms with Crippen molar-refractivity contribution in [2.45, 2.75) is 11.3 Å². The summed E-state index contributed by atoms with van der Waals surface area (Å²) in [6, 6.07) is 21.7. The van der Waals surface area contributed by atoms with Gasteiger partial charge in [-0.15, -0.1) is 0 Å². The van der Waals surface area contributed by atoms with Gasteiger partial charge in [-0.05, 0) is 78.5 Å². The lowest BCUT2D eigenvalue weighted by Crippen LogP contribution is -2.12. The molecular weight excluding hydrogens is 347 g/mol. The van der Waals surface area contributed by atoms with Crippen LogP contribution in [0.2, 0.25) is 0 Å². The smallest absolute Gasteiger partial charge is 0.255 e. The minimum atomic E-state index is -0.326. The molecule has 0 saturated carbocycles. The van der Waals surface area contributed by atoms with Crippen LogP contribution in [0.1, 0.15) is 15.9 Å². The molecule has 4 rings (SSSR count). The number of amides is 1. The second-order valence-electron chi connectivity index (χ2n) is 6.06. The highest BCUT2D eigenvalue weighted by Crippen LogP contribution is 2.36. The molecule has 0 unspecified atom stereocenters. The molecule has 1 aliphatic heterocycles. The Labute approximate surface area is 156 Å². The summed E-state index contributed by atoms with van der Waals surface area (Å²) in [7, 11) is 0. The summed E-state index contributed by atoms with van der Waals surface area (Å²) in [6.45, 7) is 0.983. The van der Waals surface area contributed by atoms with Crippen molar-refractivity contribution in [3.63, 3.8) is 0 Å². The van der Waals surface area contributed by atoms with Crippen LogP contribution in [0.5, 0.6) is 0 Å². The number of nitrogens with zero attached hydrogens (tertiary/aromatic N) is 1. The topological polar surface area (TPSA) is 32.3 Å². The van der Waals surface area contributed by atoms with E-state index in [-0.39, 0.29) is 11.7 Å². The second kappa shape index (κ2) is 7.22. The molecule has 0 saturated heterocycles. The van der Waals surface area contributed by atoms with Gasteiger partial charge in [0.15, 0.2) is 0 Å². The summed E-state index contributed by atoms with van der Waals surface area (Å²) in [4.78, 5) is 13.4. The van der Waals surface area contributed by atoms with Gasteiger partial charge in [-0.1, -0.05) is 18.2 Å². The first-order chi connectivity index (χ1) is 12.7. The maximum Gasteiger partial charge on any atom is 0.255 e. The second-order valence-corrected chi connectivity index (χ2v) is 7.15. The standard InChI is InChI=1S/C21H17FN2OS/c22-17-7-9-18(10-8-17)23-21(25)16-5-11-19(12-6-16)26-24-14-13-15-3-1-2-4-20(15)24/h1-12H,13-14H2,(H,23,25). The highest BCUT2D eigenvalue weighted by molar-refractivity contribution is 8.00. The van der Waals surface area contributed by atoms with Gasteiger partial charge in [0, 0.05) is 22.7 Å². The molecule has 1 aliphatic rings. The number of benzene rings is 3. The van der Waals surface area contributed by atoms with Crippen LogP contribution in [-0.2, 0) is 6.42 Å². The van der Waals surface area contributed by atoms with Gasteiger partial charge in [-0.25, -0.2) is 4.39 Å². The van der Waals surface area contributed by atoms with E-state index in [2.05, 4.69) is 33.9 Å². The van der Waals surface area contributed by atoms with Crippen LogP contribution in [0, 0.1) is 5.82 Å². The minimum absolute atomic E-state index is 0.209. The summed E-state index contributed by atoms with van der Waals surface area (Å²) in [6.07, 6.45) is 1.06. The van der Waals surface area contributed by atoms with E-state index in [0.29, 0.717) is 11.3 Å². The van der Waals surface area contributed by atoms with E-state index in [0.717, 1.165) is 17.9 Å². The van der Waals surface area contributed by atoms with Crippen molar-refractivity contribution in [2.24, 2.45) is 0 Å². The van der Waals surface area contributed by atoms with Crippen molar-refractivity contribution in [3.05, 3.63) is 89.7 Å². The lowest BCUT2D eigenvalue weighted by atomic mass is 10.2. The van der Waals surface area contributed by atoms with Gasteiger partial charge in [-0.3, -0.25) is 4.79 Å². The normalized spacial score (nSPS) is 12.7. The molecular formula is C21H17FN2OS. The number of anilines is 2. The number of para-hydroxylation sites is 1. The molecule has 3 nitrogen and oxygen atoms in total. The third-order valence-corrected chi connectivity index (χ3v) is 5.36. The summed E-state index contributed by atoms with van der Waals surface area (Å²) in [5.41, 5.74) is 3.77. The number of carbonyl (C=O) groups is 1. The molecule has 0 radical (unpaired) electrons. The van der Waals surface area contributed by atoms with Crippen LogP contribution in [0.15, 0.2) is 77.7 Å². The average Bonchev–Trinajstić information content (AvgIpc) is 3.07. The van der Waals surface area contributed by atoms with E-state index in [1.54, 1.807) is 24.1 Å². The minimum Gasteiger partial charge on any atom is -0.322 e. The molecule has 0 fully saturated rings. The predicted octanol–water partition coefficient (Wildman–Crippen LogP) is 5.15. The van der Waals surface area contributed by atoms with E-state index in [9.17, 15) is 9.18 Å². The first kappa shape index (κ1) is 16.7. The van der Waals surface area contributed by atoms with E-state index in [1.165, 1.54) is 23.4 Å². The Morgan fingerprint density at radius 2 is 1.69 bits per heavy atom. The SMILES string of the molecule is O=C(Nc1ccc(F)cc1)c1ccc(SN2CCc3ccccc32)cc1.